The number of carbonyl (C=O) groups is 1. The van der Waals surface area contributed by atoms with Gasteiger partial charge in [-0.3, -0.25) is 4.79 Å². The predicted molar refractivity (Wildman–Crippen MR) is 79.1 cm³/mol. The van der Waals surface area contributed by atoms with Crippen LogP contribution in [0.3, 0.4) is 0 Å². The minimum atomic E-state index is -0.0178. The minimum absolute atomic E-state index is 0.0178. The molecule has 1 fully saturated rings. The highest BCUT2D eigenvalue weighted by atomic mass is 16.5. The van der Waals surface area contributed by atoms with Gasteiger partial charge in [-0.05, 0) is 30.9 Å². The third kappa shape index (κ3) is 2.50. The van der Waals surface area contributed by atoms with Crippen molar-refractivity contribution in [1.29, 1.82) is 0 Å². The maximum absolute atomic E-state index is 12.3. The van der Waals surface area contributed by atoms with E-state index in [0.29, 0.717) is 0 Å². The van der Waals surface area contributed by atoms with Gasteiger partial charge in [0.2, 0.25) is 5.91 Å². The maximum atomic E-state index is 12.3. The van der Waals surface area contributed by atoms with Gasteiger partial charge in [0, 0.05) is 19.1 Å². The summed E-state index contributed by atoms with van der Waals surface area (Å²) in [6, 6.07) is 10.2. The van der Waals surface area contributed by atoms with E-state index in [9.17, 15) is 4.79 Å². The van der Waals surface area contributed by atoms with Crippen LogP contribution in [0.25, 0.3) is 5.57 Å². The summed E-state index contributed by atoms with van der Waals surface area (Å²) in [5, 5.41) is 3.10. The van der Waals surface area contributed by atoms with Crippen LogP contribution in [0.5, 0.6) is 0 Å². The number of hydrogen-bond acceptors (Lipinski definition) is 2. The molecule has 0 aliphatic heterocycles. The summed E-state index contributed by atoms with van der Waals surface area (Å²) in [6.07, 6.45) is 2.31. The van der Waals surface area contributed by atoms with Crippen LogP contribution >= 0.6 is 0 Å². The van der Waals surface area contributed by atoms with E-state index in [1.807, 2.05) is 18.2 Å². The molecule has 0 heterocycles. The van der Waals surface area contributed by atoms with E-state index >= 15 is 0 Å². The summed E-state index contributed by atoms with van der Waals surface area (Å²) in [5.74, 6) is 0.125. The molecule has 3 rings (SSSR count). The SMILES string of the molecule is COCC1(CNC(=O)[C@@H]2C(C)=C2c2ccccc2)CC1. The van der Waals surface area contributed by atoms with E-state index in [1.54, 1.807) is 7.11 Å². The Morgan fingerprint density at radius 3 is 2.65 bits per heavy atom. The second-order valence-corrected chi connectivity index (χ2v) is 6.05. The molecule has 106 valence electrons. The second kappa shape index (κ2) is 5.06. The van der Waals surface area contributed by atoms with Crippen molar-refractivity contribution in [2.45, 2.75) is 19.8 Å². The predicted octanol–water partition coefficient (Wildman–Crippen LogP) is 2.63. The summed E-state index contributed by atoms with van der Waals surface area (Å²) in [7, 11) is 1.72. The van der Waals surface area contributed by atoms with E-state index in [-0.39, 0.29) is 17.2 Å². The van der Waals surface area contributed by atoms with Gasteiger partial charge in [0.25, 0.3) is 0 Å². The number of benzene rings is 1. The molecule has 0 saturated heterocycles. The molecule has 3 nitrogen and oxygen atoms in total. The lowest BCUT2D eigenvalue weighted by molar-refractivity contribution is -0.122. The fourth-order valence-electron chi connectivity index (χ4n) is 2.90. The Hall–Kier alpha value is -1.61. The molecule has 1 atom stereocenters. The van der Waals surface area contributed by atoms with Crippen molar-refractivity contribution in [2.75, 3.05) is 20.3 Å². The highest BCUT2D eigenvalue weighted by Gasteiger charge is 2.45. The fraction of sp³-hybridized carbons (Fsp3) is 0.471. The highest BCUT2D eigenvalue weighted by molar-refractivity contribution is 6.05. The molecule has 20 heavy (non-hydrogen) atoms. The van der Waals surface area contributed by atoms with Crippen LogP contribution in [0, 0.1) is 11.3 Å². The molecule has 1 aromatic rings. The lowest BCUT2D eigenvalue weighted by Crippen LogP contribution is -2.34. The molecular weight excluding hydrogens is 250 g/mol. The van der Waals surface area contributed by atoms with Gasteiger partial charge in [-0.25, -0.2) is 0 Å². The van der Waals surface area contributed by atoms with Crippen LogP contribution in [-0.4, -0.2) is 26.2 Å². The minimum Gasteiger partial charge on any atom is -0.384 e. The first-order chi connectivity index (χ1) is 9.67. The molecule has 0 bridgehead atoms. The first-order valence-electron chi connectivity index (χ1n) is 7.20. The van der Waals surface area contributed by atoms with Gasteiger partial charge in [0.15, 0.2) is 0 Å². The van der Waals surface area contributed by atoms with Gasteiger partial charge in [0.05, 0.1) is 12.5 Å². The first-order valence-corrected chi connectivity index (χ1v) is 7.20. The fourth-order valence-corrected chi connectivity index (χ4v) is 2.90. The summed E-state index contributed by atoms with van der Waals surface area (Å²) in [5.41, 5.74) is 3.77. The molecule has 2 aliphatic carbocycles. The number of rotatable bonds is 6. The molecule has 0 spiro atoms. The standard InChI is InChI=1S/C17H21NO2/c1-12-14(13-6-4-3-5-7-13)15(12)16(19)18-10-17(8-9-17)11-20-2/h3-7,15H,8-11H2,1-2H3,(H,18,19)/t15-/m1/s1. The van der Waals surface area contributed by atoms with E-state index in [1.165, 1.54) is 16.7 Å². The Balaban J connectivity index is 1.56. The van der Waals surface area contributed by atoms with E-state index < -0.39 is 0 Å². The third-order valence-electron chi connectivity index (χ3n) is 4.46. The average Bonchev–Trinajstić information content (AvgIpc) is 3.35. The number of carbonyl (C=O) groups excluding carboxylic acids is 1. The van der Waals surface area contributed by atoms with E-state index in [0.717, 1.165) is 26.0 Å². The van der Waals surface area contributed by atoms with Crippen molar-refractivity contribution in [1.82, 2.24) is 5.32 Å². The van der Waals surface area contributed by atoms with Crippen molar-refractivity contribution in [3.63, 3.8) is 0 Å². The van der Waals surface area contributed by atoms with Gasteiger partial charge in [0.1, 0.15) is 0 Å². The number of hydrogen-bond donors (Lipinski definition) is 1. The molecule has 0 unspecified atom stereocenters. The molecular formula is C17H21NO2. The maximum Gasteiger partial charge on any atom is 0.231 e. The quantitative estimate of drug-likeness (QED) is 0.863. The van der Waals surface area contributed by atoms with E-state index in [4.69, 9.17) is 4.74 Å². The zero-order chi connectivity index (χ0) is 14.2. The molecule has 1 aromatic carbocycles. The molecule has 1 N–H and O–H groups in total. The molecule has 1 amide bonds. The lowest BCUT2D eigenvalue weighted by atomic mass is 10.1. The van der Waals surface area contributed by atoms with Crippen molar-refractivity contribution in [3.05, 3.63) is 41.5 Å². The van der Waals surface area contributed by atoms with Crippen LogP contribution in [-0.2, 0) is 9.53 Å². The Labute approximate surface area is 120 Å². The molecule has 1 saturated carbocycles. The van der Waals surface area contributed by atoms with Crippen LogP contribution < -0.4 is 5.32 Å². The normalized spacial score (nSPS) is 22.6. The lowest BCUT2D eigenvalue weighted by Gasteiger charge is -2.15. The van der Waals surface area contributed by atoms with Gasteiger partial charge >= 0.3 is 0 Å². The summed E-state index contributed by atoms with van der Waals surface area (Å²) in [4.78, 5) is 12.3. The summed E-state index contributed by atoms with van der Waals surface area (Å²) < 4.78 is 5.23. The number of nitrogens with one attached hydrogen (secondary N) is 1. The van der Waals surface area contributed by atoms with Gasteiger partial charge < -0.3 is 10.1 Å². The molecule has 3 heteroatoms. The second-order valence-electron chi connectivity index (χ2n) is 6.05. The Bertz CT molecular complexity index is 543. The molecule has 0 aromatic heterocycles. The Morgan fingerprint density at radius 2 is 2.05 bits per heavy atom. The zero-order valence-corrected chi connectivity index (χ0v) is 12.1. The van der Waals surface area contributed by atoms with Crippen molar-refractivity contribution in [3.8, 4) is 0 Å². The van der Waals surface area contributed by atoms with Crippen LogP contribution in [0.15, 0.2) is 35.9 Å². The Kier molecular flexibility index (Phi) is 3.38. The van der Waals surface area contributed by atoms with Gasteiger partial charge in [-0.2, -0.15) is 0 Å². The van der Waals surface area contributed by atoms with Crippen LogP contribution in [0.4, 0.5) is 0 Å². The number of amides is 1. The monoisotopic (exact) mass is 271 g/mol. The molecule has 0 radical (unpaired) electrons. The zero-order valence-electron chi connectivity index (χ0n) is 12.1. The largest absolute Gasteiger partial charge is 0.384 e. The Morgan fingerprint density at radius 1 is 1.35 bits per heavy atom. The first kappa shape index (κ1) is 13.4. The highest BCUT2D eigenvalue weighted by Crippen LogP contribution is 2.48. The number of ether oxygens (including phenoxy) is 1. The average molecular weight is 271 g/mol. The van der Waals surface area contributed by atoms with Crippen molar-refractivity contribution < 1.29 is 9.53 Å². The van der Waals surface area contributed by atoms with Gasteiger partial charge in [-0.15, -0.1) is 0 Å². The summed E-state index contributed by atoms with van der Waals surface area (Å²) >= 11 is 0. The smallest absolute Gasteiger partial charge is 0.231 e. The third-order valence-corrected chi connectivity index (χ3v) is 4.46. The van der Waals surface area contributed by atoms with E-state index in [2.05, 4.69) is 24.4 Å². The number of methoxy groups -OCH3 is 1. The van der Waals surface area contributed by atoms with Crippen LogP contribution in [0.1, 0.15) is 25.3 Å². The topological polar surface area (TPSA) is 38.3 Å². The van der Waals surface area contributed by atoms with Crippen LogP contribution in [0.2, 0.25) is 0 Å². The summed E-state index contributed by atoms with van der Waals surface area (Å²) in [6.45, 7) is 3.54. The van der Waals surface area contributed by atoms with Crippen molar-refractivity contribution in [2.24, 2.45) is 11.3 Å². The van der Waals surface area contributed by atoms with Gasteiger partial charge in [-0.1, -0.05) is 35.9 Å². The van der Waals surface area contributed by atoms with Crippen molar-refractivity contribution >= 4 is 11.5 Å². The molecule has 2 aliphatic rings.